The molecule has 1 aliphatic rings. The van der Waals surface area contributed by atoms with E-state index in [0.717, 1.165) is 0 Å². The van der Waals surface area contributed by atoms with Crippen LogP contribution in [0.15, 0.2) is 91.0 Å². The predicted octanol–water partition coefficient (Wildman–Crippen LogP) is 4.92. The Morgan fingerprint density at radius 2 is 1.12 bits per heavy atom. The van der Waals surface area contributed by atoms with E-state index in [1.54, 1.807) is 91.0 Å². The Kier molecular flexibility index (Phi) is 11.4. The van der Waals surface area contributed by atoms with E-state index in [-0.39, 0.29) is 23.3 Å². The molecule has 0 aliphatic carbocycles. The quantitative estimate of drug-likeness (QED) is 0.168. The van der Waals surface area contributed by atoms with Crippen LogP contribution in [0.25, 0.3) is 0 Å². The highest BCUT2D eigenvalue weighted by molar-refractivity contribution is 7.99. The minimum absolute atomic E-state index is 0.227. The van der Waals surface area contributed by atoms with Crippen molar-refractivity contribution in [3.8, 4) is 0 Å². The molecule has 1 aliphatic heterocycles. The molecule has 0 radical (unpaired) electrons. The van der Waals surface area contributed by atoms with E-state index >= 15 is 0 Å². The lowest BCUT2D eigenvalue weighted by Crippen LogP contribution is -2.61. The van der Waals surface area contributed by atoms with Crippen molar-refractivity contribution < 1.29 is 42.9 Å². The minimum Gasteiger partial charge on any atom is -0.462 e. The third-order valence-electron chi connectivity index (χ3n) is 6.20. The molecule has 5 atom stereocenters. The summed E-state index contributed by atoms with van der Waals surface area (Å²) in [5.41, 5.74) is -0.149. The summed E-state index contributed by atoms with van der Waals surface area (Å²) >= 11 is 6.91. The van der Waals surface area contributed by atoms with Crippen molar-refractivity contribution in [3.05, 3.63) is 108 Å². The fraction of sp³-hybridized carbons (Fsp3) is 0.290. The van der Waals surface area contributed by atoms with Crippen LogP contribution in [0.1, 0.15) is 38.0 Å². The molecule has 3 aromatic rings. The molecule has 0 spiro atoms. The van der Waals surface area contributed by atoms with Crippen LogP contribution in [0.4, 0.5) is 0 Å². The van der Waals surface area contributed by atoms with Gasteiger partial charge in [-0.1, -0.05) is 61.5 Å². The van der Waals surface area contributed by atoms with Crippen LogP contribution in [0.3, 0.4) is 0 Å². The summed E-state index contributed by atoms with van der Waals surface area (Å²) in [6.07, 6.45) is -4.97. The first-order chi connectivity index (χ1) is 20.4. The summed E-state index contributed by atoms with van der Waals surface area (Å²) in [5, 5.41) is 0. The SMILES string of the molecule is CCS[C@H]1O[C@H](COC(=O)CCl)[C@@H](OC(=O)c2ccccc2)[C@H](OC(=O)c2ccccc2)[C@@H]1OC(=O)c1ccccc1. The second-order valence-electron chi connectivity index (χ2n) is 9.02. The third-order valence-corrected chi connectivity index (χ3v) is 7.46. The average Bonchev–Trinajstić information content (AvgIpc) is 3.03. The molecule has 3 aromatic carbocycles. The summed E-state index contributed by atoms with van der Waals surface area (Å²) in [7, 11) is 0. The molecule has 220 valence electrons. The molecular weight excluding hydrogens is 584 g/mol. The van der Waals surface area contributed by atoms with E-state index in [9.17, 15) is 19.2 Å². The van der Waals surface area contributed by atoms with Crippen molar-refractivity contribution in [3.63, 3.8) is 0 Å². The predicted molar refractivity (Wildman–Crippen MR) is 155 cm³/mol. The zero-order valence-corrected chi connectivity index (χ0v) is 24.2. The van der Waals surface area contributed by atoms with Crippen LogP contribution >= 0.6 is 23.4 Å². The van der Waals surface area contributed by atoms with Gasteiger partial charge in [-0.2, -0.15) is 0 Å². The monoisotopic (exact) mass is 612 g/mol. The van der Waals surface area contributed by atoms with Gasteiger partial charge in [0.2, 0.25) is 0 Å². The first-order valence-corrected chi connectivity index (χ1v) is 14.8. The molecule has 1 fully saturated rings. The van der Waals surface area contributed by atoms with Gasteiger partial charge in [0.15, 0.2) is 18.3 Å². The lowest BCUT2D eigenvalue weighted by atomic mass is 9.98. The summed E-state index contributed by atoms with van der Waals surface area (Å²) in [5.74, 6) is -2.76. The second kappa shape index (κ2) is 15.4. The molecule has 0 bridgehead atoms. The molecule has 42 heavy (non-hydrogen) atoms. The Morgan fingerprint density at radius 1 is 0.690 bits per heavy atom. The van der Waals surface area contributed by atoms with Gasteiger partial charge in [-0.3, -0.25) is 4.79 Å². The van der Waals surface area contributed by atoms with Crippen LogP contribution in [-0.4, -0.2) is 72.0 Å². The summed E-state index contributed by atoms with van der Waals surface area (Å²) in [6.45, 7) is 1.51. The van der Waals surface area contributed by atoms with E-state index in [4.69, 9.17) is 35.3 Å². The smallest absolute Gasteiger partial charge is 0.338 e. The molecule has 0 unspecified atom stereocenters. The molecule has 0 amide bonds. The first-order valence-electron chi connectivity index (χ1n) is 13.2. The Morgan fingerprint density at radius 3 is 1.55 bits per heavy atom. The van der Waals surface area contributed by atoms with Crippen LogP contribution in [0.2, 0.25) is 0 Å². The lowest BCUT2D eigenvalue weighted by Gasteiger charge is -2.44. The van der Waals surface area contributed by atoms with Crippen LogP contribution < -0.4 is 0 Å². The van der Waals surface area contributed by atoms with E-state index in [2.05, 4.69) is 0 Å². The van der Waals surface area contributed by atoms with Gasteiger partial charge < -0.3 is 23.7 Å². The highest BCUT2D eigenvalue weighted by Gasteiger charge is 2.53. The summed E-state index contributed by atoms with van der Waals surface area (Å²) in [4.78, 5) is 51.8. The molecule has 11 heteroatoms. The third kappa shape index (κ3) is 8.12. The number of thioether (sulfide) groups is 1. The maximum atomic E-state index is 13.3. The van der Waals surface area contributed by atoms with Crippen molar-refractivity contribution in [2.24, 2.45) is 0 Å². The van der Waals surface area contributed by atoms with Gasteiger partial charge in [-0.15, -0.1) is 23.4 Å². The maximum absolute atomic E-state index is 13.3. The number of hydrogen-bond acceptors (Lipinski definition) is 10. The molecular formula is C31H29ClO9S. The molecule has 1 heterocycles. The zero-order valence-electron chi connectivity index (χ0n) is 22.6. The van der Waals surface area contributed by atoms with E-state index in [1.807, 2.05) is 6.92 Å². The number of benzene rings is 3. The number of esters is 4. The van der Waals surface area contributed by atoms with Crippen LogP contribution in [-0.2, 0) is 28.5 Å². The first kappa shape index (κ1) is 31.1. The van der Waals surface area contributed by atoms with Gasteiger partial charge in [0.05, 0.1) is 16.7 Å². The Hall–Kier alpha value is -3.86. The number of alkyl halides is 1. The normalized spacial score (nSPS) is 21.5. The van der Waals surface area contributed by atoms with E-state index < -0.39 is 59.6 Å². The molecule has 0 aromatic heterocycles. The van der Waals surface area contributed by atoms with Gasteiger partial charge in [-0.25, -0.2) is 14.4 Å². The molecule has 0 saturated carbocycles. The van der Waals surface area contributed by atoms with Gasteiger partial charge in [-0.05, 0) is 42.2 Å². The number of halogens is 1. The van der Waals surface area contributed by atoms with Crippen LogP contribution in [0.5, 0.6) is 0 Å². The fourth-order valence-electron chi connectivity index (χ4n) is 4.22. The summed E-state index contributed by atoms with van der Waals surface area (Å²) < 4.78 is 29.3. The van der Waals surface area contributed by atoms with Gasteiger partial charge in [0.25, 0.3) is 0 Å². The fourth-order valence-corrected chi connectivity index (χ4v) is 5.25. The van der Waals surface area contributed by atoms with Gasteiger partial charge >= 0.3 is 23.9 Å². The van der Waals surface area contributed by atoms with Crippen molar-refractivity contribution in [2.75, 3.05) is 18.2 Å². The maximum Gasteiger partial charge on any atom is 0.338 e. The number of hydrogen-bond donors (Lipinski definition) is 0. The van der Waals surface area contributed by atoms with Crippen molar-refractivity contribution in [1.82, 2.24) is 0 Å². The van der Waals surface area contributed by atoms with Crippen molar-refractivity contribution in [1.29, 1.82) is 0 Å². The minimum atomic E-state index is -1.34. The summed E-state index contributed by atoms with van der Waals surface area (Å²) in [6, 6.07) is 24.7. The Balaban J connectivity index is 1.74. The topological polar surface area (TPSA) is 114 Å². The van der Waals surface area contributed by atoms with E-state index in [0.29, 0.717) is 5.75 Å². The number of carbonyl (C=O) groups is 4. The van der Waals surface area contributed by atoms with Crippen LogP contribution in [0, 0.1) is 0 Å². The molecule has 1 saturated heterocycles. The Bertz CT molecular complexity index is 1340. The number of rotatable bonds is 11. The van der Waals surface area contributed by atoms with Crippen molar-refractivity contribution >= 4 is 47.2 Å². The Labute approximate surface area is 252 Å². The lowest BCUT2D eigenvalue weighted by molar-refractivity contribution is -0.211. The molecule has 0 N–H and O–H groups in total. The zero-order chi connectivity index (χ0) is 29.9. The standard InChI is InChI=1S/C31H29ClO9S/c1-2-42-31-27(41-30(36)22-16-10-5-11-17-22)26(40-29(35)21-14-8-4-9-15-21)25(23(38-31)19-37-24(33)18-32)39-28(34)20-12-6-3-7-13-20/h3-17,23,25-27,31H,2,18-19H2,1H3/t23-,25-,26+,27+,31-/m1/s1. The highest BCUT2D eigenvalue weighted by atomic mass is 35.5. The van der Waals surface area contributed by atoms with Crippen molar-refractivity contribution in [2.45, 2.75) is 36.8 Å². The highest BCUT2D eigenvalue weighted by Crippen LogP contribution is 2.35. The van der Waals surface area contributed by atoms with Gasteiger partial charge in [0.1, 0.15) is 24.0 Å². The average molecular weight is 613 g/mol. The van der Waals surface area contributed by atoms with E-state index in [1.165, 1.54) is 11.8 Å². The number of carbonyl (C=O) groups excluding carboxylic acids is 4. The second-order valence-corrected chi connectivity index (χ2v) is 10.7. The molecule has 9 nitrogen and oxygen atoms in total. The largest absolute Gasteiger partial charge is 0.462 e. The number of ether oxygens (including phenoxy) is 5. The molecule has 4 rings (SSSR count). The van der Waals surface area contributed by atoms with Gasteiger partial charge in [0, 0.05) is 0 Å².